The van der Waals surface area contributed by atoms with Gasteiger partial charge in [0.05, 0.1) is 6.20 Å². The molecule has 226 valence electrons. The van der Waals surface area contributed by atoms with Gasteiger partial charge in [-0.3, -0.25) is 4.90 Å². The number of nitrogens with one attached hydrogen (secondary N) is 1. The van der Waals surface area contributed by atoms with E-state index in [1.165, 1.54) is 82.6 Å². The number of aromatic carboxylic acids is 1. The number of rotatable bonds is 9. The van der Waals surface area contributed by atoms with E-state index in [4.69, 9.17) is 15.6 Å². The molecule has 3 saturated carbocycles. The monoisotopic (exact) mass is 572 g/mol. The molecule has 2 aromatic heterocycles. The minimum absolute atomic E-state index is 0.0494. The van der Waals surface area contributed by atoms with Crippen molar-refractivity contribution in [1.29, 1.82) is 0 Å². The lowest BCUT2D eigenvalue weighted by Crippen LogP contribution is -2.65. The highest BCUT2D eigenvalue weighted by atomic mass is 16.5. The molecule has 0 atom stereocenters. The van der Waals surface area contributed by atoms with Gasteiger partial charge in [0.2, 0.25) is 0 Å². The molecule has 0 saturated heterocycles. The van der Waals surface area contributed by atoms with Crippen molar-refractivity contribution in [3.8, 4) is 11.5 Å². The maximum absolute atomic E-state index is 11.2. The Hall–Kier alpha value is -3.32. The number of hydrogen-bond acceptors (Lipinski definition) is 5. The second-order valence-electron chi connectivity index (χ2n) is 14.0. The van der Waals surface area contributed by atoms with Crippen molar-refractivity contribution in [3.05, 3.63) is 59.4 Å². The fraction of sp³-hybridized carbons (Fsp3) is 0.543. The van der Waals surface area contributed by atoms with Crippen LogP contribution in [0.3, 0.4) is 0 Å². The van der Waals surface area contributed by atoms with Gasteiger partial charge in [0.1, 0.15) is 22.7 Å². The van der Waals surface area contributed by atoms with Gasteiger partial charge < -0.3 is 20.6 Å². The van der Waals surface area contributed by atoms with E-state index < -0.39 is 5.97 Å². The Labute approximate surface area is 250 Å². The van der Waals surface area contributed by atoms with Crippen molar-refractivity contribution in [1.82, 2.24) is 14.9 Å². The molecule has 3 fully saturated rings. The number of carboxylic acids is 1. The first kappa shape index (κ1) is 30.1. The number of nitrogens with zero attached hydrogens (tertiary/aromatic N) is 2. The Kier molecular flexibility index (Phi) is 8.18. The number of benzene rings is 1. The minimum Gasteiger partial charge on any atom is -0.478 e. The van der Waals surface area contributed by atoms with Gasteiger partial charge in [-0.25, -0.2) is 9.78 Å². The molecule has 4 N–H and O–H groups in total. The molecule has 7 heteroatoms. The highest BCUT2D eigenvalue weighted by Crippen LogP contribution is 2.80. The zero-order valence-electron chi connectivity index (χ0n) is 26.2. The van der Waals surface area contributed by atoms with E-state index in [1.54, 1.807) is 12.3 Å². The fourth-order valence-electron chi connectivity index (χ4n) is 7.49. The number of pyridine rings is 1. The van der Waals surface area contributed by atoms with Gasteiger partial charge in [0.25, 0.3) is 0 Å². The number of hydrogen-bond donors (Lipinski definition) is 3. The average Bonchev–Trinajstić information content (AvgIpc) is 3.34. The van der Waals surface area contributed by atoms with Crippen LogP contribution in [-0.2, 0) is 0 Å². The molecule has 0 amide bonds. The first-order valence-electron chi connectivity index (χ1n) is 15.6. The molecule has 2 heterocycles. The zero-order valence-corrected chi connectivity index (χ0v) is 26.2. The summed E-state index contributed by atoms with van der Waals surface area (Å²) in [5.74, 6) is 0.452. The third-order valence-electron chi connectivity index (χ3n) is 10.3. The molecule has 3 aromatic rings. The number of aromatic nitrogens is 2. The molecule has 0 aliphatic heterocycles. The lowest BCUT2D eigenvalue weighted by Gasteiger charge is -2.75. The Morgan fingerprint density at radius 2 is 1.86 bits per heavy atom. The van der Waals surface area contributed by atoms with Gasteiger partial charge in [0.15, 0.2) is 0 Å². The van der Waals surface area contributed by atoms with Crippen molar-refractivity contribution in [2.45, 2.75) is 80.1 Å². The number of nitrogen functional groups attached to an aromatic ring is 1. The number of aromatic amines is 1. The quantitative estimate of drug-likeness (QED) is 0.176. The molecular formula is C35H48N4O3. The van der Waals surface area contributed by atoms with E-state index >= 15 is 0 Å². The summed E-state index contributed by atoms with van der Waals surface area (Å²) >= 11 is 0. The molecule has 7 rings (SSSR count). The van der Waals surface area contributed by atoms with Crippen LogP contribution in [0.2, 0.25) is 0 Å². The summed E-state index contributed by atoms with van der Waals surface area (Å²) < 4.78 is 5.59. The number of H-pyrrole nitrogens is 1. The van der Waals surface area contributed by atoms with Crippen molar-refractivity contribution in [2.75, 3.05) is 25.4 Å². The number of ether oxygens (including phenoxy) is 1. The molecule has 42 heavy (non-hydrogen) atoms. The molecule has 4 aliphatic carbocycles. The molecule has 7 nitrogen and oxygen atoms in total. The van der Waals surface area contributed by atoms with Gasteiger partial charge >= 0.3 is 5.97 Å². The first-order valence-corrected chi connectivity index (χ1v) is 15.6. The second-order valence-corrected chi connectivity index (χ2v) is 14.0. The number of likely N-dealkylation sites (N-methyl/N-ethyl adjacent to an activating group) is 1. The molecule has 0 radical (unpaired) electrons. The van der Waals surface area contributed by atoms with Gasteiger partial charge in [-0.1, -0.05) is 52.7 Å². The number of carbonyl (C=O) groups is 1. The highest BCUT2D eigenvalue weighted by Gasteiger charge is 2.70. The van der Waals surface area contributed by atoms with E-state index in [2.05, 4.69) is 56.4 Å². The van der Waals surface area contributed by atoms with Crippen LogP contribution in [0.5, 0.6) is 11.5 Å². The van der Waals surface area contributed by atoms with E-state index in [-0.39, 0.29) is 11.3 Å². The first-order chi connectivity index (χ1) is 19.9. The van der Waals surface area contributed by atoms with Crippen LogP contribution < -0.4 is 10.5 Å². The highest BCUT2D eigenvalue weighted by molar-refractivity contribution is 5.91. The van der Waals surface area contributed by atoms with Crippen LogP contribution in [0.4, 0.5) is 5.69 Å². The maximum atomic E-state index is 11.2. The molecule has 1 aromatic carbocycles. The summed E-state index contributed by atoms with van der Waals surface area (Å²) in [4.78, 5) is 20.9. The van der Waals surface area contributed by atoms with E-state index in [9.17, 15) is 4.79 Å². The third-order valence-corrected chi connectivity index (χ3v) is 10.3. The molecule has 0 spiro atoms. The van der Waals surface area contributed by atoms with Crippen LogP contribution in [-0.4, -0.2) is 45.6 Å². The Morgan fingerprint density at radius 3 is 2.50 bits per heavy atom. The fourth-order valence-corrected chi connectivity index (χ4v) is 7.49. The predicted octanol–water partition coefficient (Wildman–Crippen LogP) is 8.30. The molecule has 4 aliphatic rings. The van der Waals surface area contributed by atoms with Gasteiger partial charge in [0, 0.05) is 29.9 Å². The zero-order chi connectivity index (χ0) is 30.3. The largest absolute Gasteiger partial charge is 0.478 e. The lowest BCUT2D eigenvalue weighted by atomic mass is 9.29. The van der Waals surface area contributed by atoms with Crippen LogP contribution in [0.25, 0.3) is 11.0 Å². The average molecular weight is 573 g/mol. The second kappa shape index (κ2) is 11.4. The minimum atomic E-state index is -1.07. The molecular weight excluding hydrogens is 524 g/mol. The van der Waals surface area contributed by atoms with Crippen LogP contribution >= 0.6 is 0 Å². The van der Waals surface area contributed by atoms with E-state index in [1.807, 2.05) is 17.2 Å². The van der Waals surface area contributed by atoms with Crippen LogP contribution in [0, 0.1) is 22.2 Å². The number of allylic oxidation sites excluding steroid dienone is 1. The van der Waals surface area contributed by atoms with Crippen molar-refractivity contribution < 1.29 is 14.6 Å². The summed E-state index contributed by atoms with van der Waals surface area (Å²) in [6, 6.07) is 8.03. The van der Waals surface area contributed by atoms with Gasteiger partial charge in [-0.05, 0) is 98.0 Å². The number of carboxylic acid groups (broad SMARTS) is 1. The summed E-state index contributed by atoms with van der Waals surface area (Å²) in [7, 11) is 0. The number of nitrogens with two attached hydrogens (primary N) is 1. The van der Waals surface area contributed by atoms with E-state index in [0.29, 0.717) is 22.3 Å². The van der Waals surface area contributed by atoms with Gasteiger partial charge in [-0.2, -0.15) is 0 Å². The van der Waals surface area contributed by atoms with Crippen molar-refractivity contribution in [2.24, 2.45) is 22.2 Å². The predicted molar refractivity (Wildman–Crippen MR) is 170 cm³/mol. The van der Waals surface area contributed by atoms with Crippen LogP contribution in [0.15, 0.2) is 53.9 Å². The normalized spacial score (nSPS) is 24.2. The summed E-state index contributed by atoms with van der Waals surface area (Å²) in [5, 5.41) is 10.0. The molecule has 0 unspecified atom stereocenters. The number of fused-ring (bicyclic) bond motifs is 1. The SMILES string of the molecule is CCN(CC)CC1=C(C23CC(C(C)C)(C2)C3)CC(C)(C)CC1.Nc1ccc(C(=O)O)c(Oc2cnc3[nH]ccc3c2)c1. The standard InChI is InChI=1S/C21H37N.C14H11N3O3/c1-7-22(8-2)12-17-9-10-19(5,6)11-18(17)21-13-20(14-21,15-21)16(3)4;15-9-1-2-11(14(18)19)12(6-9)20-10-5-8-3-4-16-13(8)17-7-10/h16H,7-15H2,1-6H3;1-7H,15H2,(H,16,17)(H,18,19). The Bertz CT molecular complexity index is 1460. The summed E-state index contributed by atoms with van der Waals surface area (Å²) in [6.07, 6.45) is 11.9. The lowest BCUT2D eigenvalue weighted by molar-refractivity contribution is -0.208. The molecule has 2 bridgehead atoms. The Morgan fingerprint density at radius 1 is 1.14 bits per heavy atom. The summed E-state index contributed by atoms with van der Waals surface area (Å²) in [5.41, 5.74) is 12.5. The van der Waals surface area contributed by atoms with Crippen molar-refractivity contribution >= 4 is 22.7 Å². The maximum Gasteiger partial charge on any atom is 0.339 e. The van der Waals surface area contributed by atoms with Gasteiger partial charge in [-0.15, -0.1) is 0 Å². The Balaban J connectivity index is 0.000000169. The van der Waals surface area contributed by atoms with Crippen molar-refractivity contribution in [3.63, 3.8) is 0 Å². The smallest absolute Gasteiger partial charge is 0.339 e. The third kappa shape index (κ3) is 5.81. The van der Waals surface area contributed by atoms with E-state index in [0.717, 1.165) is 22.4 Å². The number of anilines is 1. The summed E-state index contributed by atoms with van der Waals surface area (Å²) in [6.45, 7) is 18.1. The topological polar surface area (TPSA) is 104 Å². The van der Waals surface area contributed by atoms with Crippen LogP contribution in [0.1, 0.15) is 90.4 Å².